The minimum Gasteiger partial charge on any atom is -0.346 e. The number of imidazole rings is 1. The molecular weight excluding hydrogens is 442 g/mol. The molecule has 1 aromatic heterocycles. The summed E-state index contributed by atoms with van der Waals surface area (Å²) >= 11 is 0. The number of ketones is 1. The zero-order valence-corrected chi connectivity index (χ0v) is 21.6. The van der Waals surface area contributed by atoms with Gasteiger partial charge >= 0.3 is 0 Å². The number of hydrogen-bond donors (Lipinski definition) is 2. The minimum absolute atomic E-state index is 0.00559. The monoisotopic (exact) mass is 483 g/mol. The van der Waals surface area contributed by atoms with Gasteiger partial charge in [-0.1, -0.05) is 19.8 Å². The molecule has 2 atom stereocenters. The summed E-state index contributed by atoms with van der Waals surface area (Å²) in [6.45, 7) is 4.72. The van der Waals surface area contributed by atoms with Crippen molar-refractivity contribution in [2.24, 2.45) is 11.3 Å². The second kappa shape index (κ2) is 11.1. The zero-order chi connectivity index (χ0) is 25.0. The molecule has 2 aliphatic heterocycles. The van der Waals surface area contributed by atoms with Crippen LogP contribution < -0.4 is 5.32 Å². The predicted molar refractivity (Wildman–Crippen MR) is 135 cm³/mol. The number of H-pyrrole nitrogens is 1. The molecule has 192 valence electrons. The molecule has 1 aliphatic carbocycles. The average molecular weight is 484 g/mol. The van der Waals surface area contributed by atoms with E-state index in [1.165, 1.54) is 0 Å². The van der Waals surface area contributed by atoms with Gasteiger partial charge in [0.05, 0.1) is 17.9 Å². The van der Waals surface area contributed by atoms with E-state index in [0.29, 0.717) is 25.2 Å². The van der Waals surface area contributed by atoms with E-state index in [2.05, 4.69) is 27.2 Å². The minimum atomic E-state index is -0.190. The van der Waals surface area contributed by atoms with Gasteiger partial charge in [-0.05, 0) is 69.7 Å². The summed E-state index contributed by atoms with van der Waals surface area (Å²) in [5.74, 6) is 1.31. The summed E-state index contributed by atoms with van der Waals surface area (Å²) in [6, 6.07) is -0.190. The molecule has 4 rings (SSSR count). The first kappa shape index (κ1) is 25.6. The number of likely N-dealkylation sites (N-methyl/N-ethyl adjacent to an activating group) is 1. The molecule has 0 unspecified atom stereocenters. The van der Waals surface area contributed by atoms with Crippen LogP contribution in [0.25, 0.3) is 5.57 Å². The van der Waals surface area contributed by atoms with E-state index in [-0.39, 0.29) is 29.2 Å². The maximum absolute atomic E-state index is 13.3. The first-order valence-corrected chi connectivity index (χ1v) is 13.3. The van der Waals surface area contributed by atoms with E-state index in [1.807, 2.05) is 14.0 Å². The van der Waals surface area contributed by atoms with Crippen LogP contribution in [0.5, 0.6) is 0 Å². The summed E-state index contributed by atoms with van der Waals surface area (Å²) in [4.78, 5) is 49.1. The predicted octanol–water partition coefficient (Wildman–Crippen LogP) is 3.47. The van der Waals surface area contributed by atoms with E-state index >= 15 is 0 Å². The van der Waals surface area contributed by atoms with Gasteiger partial charge in [-0.3, -0.25) is 14.4 Å². The summed E-state index contributed by atoms with van der Waals surface area (Å²) in [5.41, 5.74) is 2.00. The highest BCUT2D eigenvalue weighted by Gasteiger charge is 2.58. The molecular formula is C27H41N5O3. The molecule has 0 bridgehead atoms. The Labute approximate surface area is 208 Å². The lowest BCUT2D eigenvalue weighted by Gasteiger charge is -2.30. The molecule has 35 heavy (non-hydrogen) atoms. The van der Waals surface area contributed by atoms with Crippen LogP contribution in [0.3, 0.4) is 0 Å². The number of aromatic amines is 1. The topological polar surface area (TPSA) is 98.4 Å². The second-order valence-electron chi connectivity index (χ2n) is 10.8. The molecule has 3 aliphatic rings. The molecule has 2 N–H and O–H groups in total. The van der Waals surface area contributed by atoms with Gasteiger partial charge < -0.3 is 20.1 Å². The van der Waals surface area contributed by atoms with E-state index in [9.17, 15) is 14.4 Å². The maximum atomic E-state index is 13.3. The van der Waals surface area contributed by atoms with Crippen molar-refractivity contribution in [3.05, 3.63) is 23.8 Å². The molecule has 8 heteroatoms. The van der Waals surface area contributed by atoms with Crippen LogP contribution in [-0.2, 0) is 14.4 Å². The molecule has 1 saturated heterocycles. The van der Waals surface area contributed by atoms with E-state index in [0.717, 1.165) is 81.5 Å². The number of carbonyl (C=O) groups excluding carboxylic acids is 3. The van der Waals surface area contributed by atoms with Crippen LogP contribution in [0, 0.1) is 11.3 Å². The number of unbranched alkanes of at least 4 members (excludes halogenated alkanes) is 2. The van der Waals surface area contributed by atoms with Crippen molar-refractivity contribution in [1.29, 1.82) is 0 Å². The van der Waals surface area contributed by atoms with Gasteiger partial charge in [0.25, 0.3) is 0 Å². The number of rotatable bonds is 11. The Morgan fingerprint density at radius 2 is 1.97 bits per heavy atom. The van der Waals surface area contributed by atoms with Crippen LogP contribution in [-0.4, -0.2) is 71.1 Å². The van der Waals surface area contributed by atoms with Gasteiger partial charge in [-0.25, -0.2) is 4.98 Å². The number of carbonyl (C=O) groups is 3. The fourth-order valence-corrected chi connectivity index (χ4v) is 5.53. The van der Waals surface area contributed by atoms with Gasteiger partial charge in [0.1, 0.15) is 11.6 Å². The number of piperidine rings is 1. The third-order valence-electron chi connectivity index (χ3n) is 8.31. The van der Waals surface area contributed by atoms with Crippen molar-refractivity contribution in [1.82, 2.24) is 25.1 Å². The number of nitrogens with zero attached hydrogens (tertiary/aromatic N) is 3. The van der Waals surface area contributed by atoms with Gasteiger partial charge in [0.2, 0.25) is 11.8 Å². The van der Waals surface area contributed by atoms with Crippen molar-refractivity contribution in [2.75, 3.05) is 33.7 Å². The Kier molecular flexibility index (Phi) is 8.09. The first-order valence-electron chi connectivity index (χ1n) is 13.3. The average Bonchev–Trinajstić information content (AvgIpc) is 3.33. The highest BCUT2D eigenvalue weighted by Crippen LogP contribution is 2.59. The Hall–Kier alpha value is -2.48. The van der Waals surface area contributed by atoms with Crippen LogP contribution in [0.15, 0.2) is 12.3 Å². The van der Waals surface area contributed by atoms with Gasteiger partial charge in [-0.15, -0.1) is 0 Å². The summed E-state index contributed by atoms with van der Waals surface area (Å²) in [5, 5.41) is 3.31. The number of hydrogen-bond acceptors (Lipinski definition) is 5. The van der Waals surface area contributed by atoms with E-state index in [4.69, 9.17) is 0 Å². The lowest BCUT2D eigenvalue weighted by atomic mass is 9.91. The standard InChI is InChI=1S/C27H41N5O3/c1-4-20(33)8-6-5-7-9-22(30-26(35)21-17-27(21)11-14-31(2)15-12-27)25-28-18-23(29-25)19-10-13-32(3)24(34)16-19/h16,18,21-22H,4-15,17H2,1-3H3,(H,28,29)(H,30,35)/t21-,22+/m1/s1. The number of Topliss-reactive ketones (excluding diaryl/α,β-unsaturated/α-hetero) is 1. The van der Waals surface area contributed by atoms with Crippen LogP contribution in [0.1, 0.15) is 88.7 Å². The third-order valence-corrected chi connectivity index (χ3v) is 8.31. The molecule has 8 nitrogen and oxygen atoms in total. The molecule has 0 radical (unpaired) electrons. The van der Waals surface area contributed by atoms with Gasteiger partial charge in [0.15, 0.2) is 0 Å². The first-order chi connectivity index (χ1) is 16.8. The lowest BCUT2D eigenvalue weighted by Crippen LogP contribution is -2.36. The molecule has 3 heterocycles. The molecule has 1 saturated carbocycles. The molecule has 2 amide bonds. The number of amides is 2. The largest absolute Gasteiger partial charge is 0.346 e. The maximum Gasteiger partial charge on any atom is 0.246 e. The Balaban J connectivity index is 1.40. The van der Waals surface area contributed by atoms with Gasteiger partial charge in [0, 0.05) is 38.4 Å². The second-order valence-corrected chi connectivity index (χ2v) is 10.8. The number of nitrogens with one attached hydrogen (secondary N) is 2. The SMILES string of the molecule is CCC(=O)CCCCC[C@H](NC(=O)[C@H]1CC12CCN(C)CC2)c1ncc(C2=CC(=O)N(C)CC2)[nH]1. The zero-order valence-electron chi connectivity index (χ0n) is 21.6. The highest BCUT2D eigenvalue weighted by atomic mass is 16.2. The highest BCUT2D eigenvalue weighted by molar-refractivity contribution is 5.96. The quantitative estimate of drug-likeness (QED) is 0.470. The van der Waals surface area contributed by atoms with Crippen LogP contribution >= 0.6 is 0 Å². The molecule has 2 fully saturated rings. The summed E-state index contributed by atoms with van der Waals surface area (Å²) < 4.78 is 0. The summed E-state index contributed by atoms with van der Waals surface area (Å²) in [7, 11) is 3.96. The van der Waals surface area contributed by atoms with E-state index < -0.39 is 0 Å². The molecule has 1 spiro atoms. The Morgan fingerprint density at radius 3 is 2.69 bits per heavy atom. The molecule has 1 aromatic rings. The normalized spacial score (nSPS) is 22.7. The smallest absolute Gasteiger partial charge is 0.246 e. The van der Waals surface area contributed by atoms with Crippen molar-refractivity contribution >= 4 is 23.2 Å². The van der Waals surface area contributed by atoms with Crippen molar-refractivity contribution in [3.8, 4) is 0 Å². The number of likely N-dealkylation sites (tertiary alicyclic amines) is 1. The van der Waals surface area contributed by atoms with Crippen molar-refractivity contribution in [2.45, 2.75) is 77.2 Å². The fourth-order valence-electron chi connectivity index (χ4n) is 5.53. The third kappa shape index (κ3) is 6.21. The fraction of sp³-hybridized carbons (Fsp3) is 0.704. The van der Waals surface area contributed by atoms with Gasteiger partial charge in [-0.2, -0.15) is 0 Å². The van der Waals surface area contributed by atoms with Crippen LogP contribution in [0.4, 0.5) is 0 Å². The van der Waals surface area contributed by atoms with Crippen molar-refractivity contribution in [3.63, 3.8) is 0 Å². The van der Waals surface area contributed by atoms with E-state index in [1.54, 1.807) is 17.2 Å². The lowest BCUT2D eigenvalue weighted by molar-refractivity contribution is -0.125. The van der Waals surface area contributed by atoms with Crippen LogP contribution in [0.2, 0.25) is 0 Å². The summed E-state index contributed by atoms with van der Waals surface area (Å²) in [6.07, 6.45) is 12.2. The Bertz CT molecular complexity index is 960. The molecule has 0 aromatic carbocycles. The number of aromatic nitrogens is 2. The Morgan fingerprint density at radius 1 is 1.20 bits per heavy atom. The van der Waals surface area contributed by atoms with Crippen molar-refractivity contribution < 1.29 is 14.4 Å².